The molecule has 0 saturated heterocycles. The maximum Gasteiger partial charge on any atom is 0.189 e. The average Bonchev–Trinajstić information content (AvgIpc) is 2.62. The van der Waals surface area contributed by atoms with Crippen molar-refractivity contribution in [2.75, 3.05) is 11.5 Å². The largest absolute Gasteiger partial charge is 0.305 e. The van der Waals surface area contributed by atoms with E-state index in [1.165, 1.54) is 0 Å². The van der Waals surface area contributed by atoms with Crippen molar-refractivity contribution in [2.45, 2.75) is 12.8 Å². The van der Waals surface area contributed by atoms with Crippen LogP contribution in [0.4, 0.5) is 0 Å². The fraction of sp³-hybridized carbons (Fsp3) is 0.368. The summed E-state index contributed by atoms with van der Waals surface area (Å²) < 4.78 is 0. The quantitative estimate of drug-likeness (QED) is 0.795. The van der Waals surface area contributed by atoms with Gasteiger partial charge in [-0.05, 0) is 18.1 Å². The van der Waals surface area contributed by atoms with E-state index in [4.69, 9.17) is 5.41 Å². The second kappa shape index (κ2) is 6.16. The van der Waals surface area contributed by atoms with Crippen LogP contribution in [0.2, 0.25) is 0 Å². The number of nitrogens with zero attached hydrogens (tertiary/aromatic N) is 3. The van der Waals surface area contributed by atoms with Gasteiger partial charge >= 0.3 is 0 Å². The van der Waals surface area contributed by atoms with Crippen LogP contribution >= 0.6 is 11.8 Å². The highest BCUT2D eigenvalue weighted by molar-refractivity contribution is 7.99. The summed E-state index contributed by atoms with van der Waals surface area (Å²) >= 11 is 1.74. The van der Waals surface area contributed by atoms with Crippen LogP contribution in [0.1, 0.15) is 17.0 Å². The predicted octanol–water partition coefficient (Wildman–Crippen LogP) is 3.57. The van der Waals surface area contributed by atoms with Crippen molar-refractivity contribution in [3.63, 3.8) is 0 Å². The number of aryl methyl sites for hydroxylation is 1. The molecule has 4 nitrogen and oxygen atoms in total. The molecule has 0 amide bonds. The van der Waals surface area contributed by atoms with Gasteiger partial charge in [-0.2, -0.15) is 27.5 Å². The van der Waals surface area contributed by atoms with E-state index in [0.717, 1.165) is 28.2 Å². The molecule has 1 fully saturated rings. The van der Waals surface area contributed by atoms with Gasteiger partial charge in [-0.15, -0.1) is 0 Å². The molecule has 0 bridgehead atoms. The van der Waals surface area contributed by atoms with Crippen molar-refractivity contribution >= 4 is 17.5 Å². The van der Waals surface area contributed by atoms with Gasteiger partial charge in [-0.3, -0.25) is 0 Å². The Kier molecular flexibility index (Phi) is 4.18. The van der Waals surface area contributed by atoms with Crippen LogP contribution < -0.4 is 0 Å². The molecule has 24 heavy (non-hydrogen) atoms. The lowest BCUT2D eigenvalue weighted by atomic mass is 9.55. The van der Waals surface area contributed by atoms with E-state index in [2.05, 4.69) is 18.2 Å². The zero-order valence-electron chi connectivity index (χ0n) is 13.3. The van der Waals surface area contributed by atoms with Crippen molar-refractivity contribution in [3.05, 3.63) is 47.0 Å². The predicted molar refractivity (Wildman–Crippen MR) is 93.3 cm³/mol. The second-order valence-corrected chi connectivity index (χ2v) is 7.32. The summed E-state index contributed by atoms with van der Waals surface area (Å²) in [4.78, 5) is 0. The van der Waals surface area contributed by atoms with Crippen molar-refractivity contribution < 1.29 is 0 Å². The van der Waals surface area contributed by atoms with Crippen LogP contribution in [0.5, 0.6) is 0 Å². The van der Waals surface area contributed by atoms with Crippen LogP contribution in [-0.2, 0) is 0 Å². The molecule has 0 aromatic heterocycles. The number of thioether (sulfide) groups is 1. The Morgan fingerprint density at radius 3 is 2.42 bits per heavy atom. The fourth-order valence-electron chi connectivity index (χ4n) is 3.76. The van der Waals surface area contributed by atoms with E-state index < -0.39 is 17.3 Å². The number of benzene rings is 1. The van der Waals surface area contributed by atoms with Crippen molar-refractivity contribution in [1.82, 2.24) is 0 Å². The molecule has 3 rings (SSSR count). The highest BCUT2D eigenvalue weighted by atomic mass is 32.2. The van der Waals surface area contributed by atoms with Crippen LogP contribution in [0.25, 0.3) is 0 Å². The van der Waals surface area contributed by atoms with Gasteiger partial charge in [0.1, 0.15) is 5.92 Å². The molecule has 1 aliphatic heterocycles. The third kappa shape index (κ3) is 2.23. The van der Waals surface area contributed by atoms with Crippen LogP contribution in [-0.4, -0.2) is 17.2 Å². The molecule has 0 unspecified atom stereocenters. The normalized spacial score (nSPS) is 27.8. The van der Waals surface area contributed by atoms with Gasteiger partial charge in [0.2, 0.25) is 0 Å². The Morgan fingerprint density at radius 1 is 1.17 bits per heavy atom. The Bertz CT molecular complexity index is 818. The third-order valence-electron chi connectivity index (χ3n) is 5.00. The van der Waals surface area contributed by atoms with Crippen LogP contribution in [0.3, 0.4) is 0 Å². The van der Waals surface area contributed by atoms with Gasteiger partial charge in [0.05, 0.1) is 23.9 Å². The van der Waals surface area contributed by atoms with Gasteiger partial charge in [-0.1, -0.05) is 35.9 Å². The minimum absolute atomic E-state index is 0.0653. The van der Waals surface area contributed by atoms with Gasteiger partial charge < -0.3 is 5.41 Å². The molecular weight excluding hydrogens is 316 g/mol. The third-order valence-corrected chi connectivity index (χ3v) is 5.99. The maximum absolute atomic E-state index is 9.85. The van der Waals surface area contributed by atoms with E-state index in [9.17, 15) is 15.8 Å². The number of nitrogens with one attached hydrogen (secondary N) is 1. The maximum atomic E-state index is 9.85. The molecule has 1 aliphatic carbocycles. The number of allylic oxidation sites excluding steroid dienone is 1. The molecular formula is C19H16N4S. The van der Waals surface area contributed by atoms with Crippen molar-refractivity contribution in [2.24, 2.45) is 17.3 Å². The molecule has 1 heterocycles. The number of hydrogen-bond donors (Lipinski definition) is 1. The molecule has 1 aromatic carbocycles. The average molecular weight is 332 g/mol. The monoisotopic (exact) mass is 332 g/mol. The molecule has 1 saturated carbocycles. The Balaban J connectivity index is 2.24. The molecule has 1 N–H and O–H groups in total. The van der Waals surface area contributed by atoms with Gasteiger partial charge in [-0.25, -0.2) is 0 Å². The molecule has 2 aliphatic rings. The lowest BCUT2D eigenvalue weighted by molar-refractivity contribution is 0.378. The summed E-state index contributed by atoms with van der Waals surface area (Å²) in [5.74, 6) is 0.330. The lowest BCUT2D eigenvalue weighted by Gasteiger charge is -2.45. The fourth-order valence-corrected chi connectivity index (χ4v) is 4.85. The number of rotatable bonds is 1. The minimum Gasteiger partial charge on any atom is -0.305 e. The summed E-state index contributed by atoms with van der Waals surface area (Å²) in [7, 11) is 0. The first-order valence-electron chi connectivity index (χ1n) is 7.74. The first-order valence-corrected chi connectivity index (χ1v) is 8.89. The van der Waals surface area contributed by atoms with E-state index in [1.807, 2.05) is 37.3 Å². The standard InChI is InChI=1S/C19H16N4S/c1-12-2-4-13(5-3-12)17-16-9-24-7-6-14(16)15(8-20)18(23)19(17,10-21)11-22/h2-6,15-17,23H,7,9H2,1H3/t15-,16+,17-/m1/s1. The smallest absolute Gasteiger partial charge is 0.189 e. The molecule has 118 valence electrons. The first kappa shape index (κ1) is 16.3. The first-order chi connectivity index (χ1) is 11.6. The Morgan fingerprint density at radius 2 is 1.83 bits per heavy atom. The van der Waals surface area contributed by atoms with E-state index >= 15 is 0 Å². The molecule has 0 spiro atoms. The molecule has 0 radical (unpaired) electrons. The lowest BCUT2D eigenvalue weighted by Crippen LogP contribution is -2.49. The molecule has 3 atom stereocenters. The van der Waals surface area contributed by atoms with Gasteiger partial charge in [0.15, 0.2) is 5.41 Å². The van der Waals surface area contributed by atoms with Crippen LogP contribution in [0.15, 0.2) is 35.9 Å². The zero-order valence-corrected chi connectivity index (χ0v) is 14.1. The van der Waals surface area contributed by atoms with Gasteiger partial charge in [0, 0.05) is 23.3 Å². The zero-order chi connectivity index (χ0) is 17.3. The summed E-state index contributed by atoms with van der Waals surface area (Å²) in [5, 5.41) is 37.7. The van der Waals surface area contributed by atoms with E-state index in [0.29, 0.717) is 0 Å². The summed E-state index contributed by atoms with van der Waals surface area (Å²) in [5.41, 5.74) is 1.24. The summed E-state index contributed by atoms with van der Waals surface area (Å²) in [6.07, 6.45) is 2.01. The van der Waals surface area contributed by atoms with Crippen molar-refractivity contribution in [1.29, 1.82) is 21.2 Å². The molecule has 1 aromatic rings. The number of nitriles is 3. The Labute approximate surface area is 145 Å². The summed E-state index contributed by atoms with van der Waals surface area (Å²) in [6, 6.07) is 14.2. The Hall–Kier alpha value is -2.55. The number of hydrogen-bond acceptors (Lipinski definition) is 5. The van der Waals surface area contributed by atoms with Gasteiger partial charge in [0.25, 0.3) is 0 Å². The second-order valence-electron chi connectivity index (χ2n) is 6.24. The van der Waals surface area contributed by atoms with E-state index in [1.54, 1.807) is 11.8 Å². The highest BCUT2D eigenvalue weighted by Crippen LogP contribution is 2.54. The minimum atomic E-state index is -1.59. The van der Waals surface area contributed by atoms with Crippen molar-refractivity contribution in [3.8, 4) is 18.2 Å². The topological polar surface area (TPSA) is 95.2 Å². The van der Waals surface area contributed by atoms with E-state index in [-0.39, 0.29) is 11.6 Å². The number of fused-ring (bicyclic) bond motifs is 1. The SMILES string of the molecule is Cc1ccc([C@@H]2[C@H]3CSCC=C3[C@@H](C#N)C(=N)C2(C#N)C#N)cc1. The molecule has 5 heteroatoms. The summed E-state index contributed by atoms with van der Waals surface area (Å²) in [6.45, 7) is 1.99. The highest BCUT2D eigenvalue weighted by Gasteiger charge is 2.57. The van der Waals surface area contributed by atoms with Crippen LogP contribution in [0, 0.1) is 63.6 Å².